The summed E-state index contributed by atoms with van der Waals surface area (Å²) in [5.41, 5.74) is 3.45. The molecule has 130 valence electrons. The highest BCUT2D eigenvalue weighted by molar-refractivity contribution is 7.92. The van der Waals surface area contributed by atoms with Crippen molar-refractivity contribution in [3.63, 3.8) is 0 Å². The summed E-state index contributed by atoms with van der Waals surface area (Å²) in [6.07, 6.45) is 1.41. The van der Waals surface area contributed by atoms with E-state index < -0.39 is 10.0 Å². The van der Waals surface area contributed by atoms with Gasteiger partial charge in [0, 0.05) is 17.1 Å². The lowest BCUT2D eigenvalue weighted by Gasteiger charge is -2.12. The lowest BCUT2D eigenvalue weighted by Crippen LogP contribution is -2.14. The number of aryl methyl sites for hydroxylation is 2. The first kappa shape index (κ1) is 17.4. The summed E-state index contributed by atoms with van der Waals surface area (Å²) in [7, 11) is -2.28. The van der Waals surface area contributed by atoms with Crippen molar-refractivity contribution in [2.75, 3.05) is 11.8 Å². The molecule has 1 aromatic carbocycles. The van der Waals surface area contributed by atoms with Crippen LogP contribution < -0.4 is 9.46 Å². The van der Waals surface area contributed by atoms with Gasteiger partial charge in [-0.05, 0) is 54.1 Å². The van der Waals surface area contributed by atoms with Crippen molar-refractivity contribution in [3.8, 4) is 17.0 Å². The summed E-state index contributed by atoms with van der Waals surface area (Å²) in [5.74, 6) is 0.252. The zero-order chi connectivity index (χ0) is 18.0. The third kappa shape index (κ3) is 3.83. The van der Waals surface area contributed by atoms with E-state index in [1.165, 1.54) is 30.3 Å². The molecule has 5 nitrogen and oxygen atoms in total. The van der Waals surface area contributed by atoms with E-state index in [0.29, 0.717) is 5.69 Å². The Kier molecular flexibility index (Phi) is 4.78. The maximum absolute atomic E-state index is 12.7. The average Bonchev–Trinajstić information content (AvgIpc) is 3.03. The van der Waals surface area contributed by atoms with E-state index in [0.717, 1.165) is 16.7 Å². The molecule has 0 atom stereocenters. The topological polar surface area (TPSA) is 68.3 Å². The standard InChI is InChI=1S/C18H18N2O3S2/c1-12-4-5-14(15-8-13(2)24-11-15)9-17(12)20-25(21,22)16-6-7-19-18(10-16)23-3/h4-11,20H,1-3H3. The van der Waals surface area contributed by atoms with Gasteiger partial charge in [-0.15, -0.1) is 11.3 Å². The summed E-state index contributed by atoms with van der Waals surface area (Å²) in [5, 5.41) is 2.06. The maximum Gasteiger partial charge on any atom is 0.262 e. The van der Waals surface area contributed by atoms with Crippen molar-refractivity contribution in [2.24, 2.45) is 0 Å². The molecule has 0 saturated carbocycles. The molecule has 3 rings (SSSR count). The minimum atomic E-state index is -3.73. The van der Waals surface area contributed by atoms with Crippen LogP contribution in [0.1, 0.15) is 10.4 Å². The minimum Gasteiger partial charge on any atom is -0.481 e. The Hall–Kier alpha value is -2.38. The number of benzene rings is 1. The van der Waals surface area contributed by atoms with Crippen molar-refractivity contribution in [1.82, 2.24) is 4.98 Å². The van der Waals surface area contributed by atoms with E-state index in [4.69, 9.17) is 4.74 Å². The molecule has 0 bridgehead atoms. The van der Waals surface area contributed by atoms with Crippen LogP contribution in [-0.4, -0.2) is 20.5 Å². The quantitative estimate of drug-likeness (QED) is 0.725. The molecule has 0 saturated heterocycles. The Morgan fingerprint density at radius 2 is 1.88 bits per heavy atom. The molecule has 3 aromatic rings. The van der Waals surface area contributed by atoms with Crippen molar-refractivity contribution in [2.45, 2.75) is 18.7 Å². The molecule has 7 heteroatoms. The van der Waals surface area contributed by atoms with Gasteiger partial charge in [-0.25, -0.2) is 13.4 Å². The van der Waals surface area contributed by atoms with E-state index in [1.54, 1.807) is 11.3 Å². The lowest BCUT2D eigenvalue weighted by atomic mass is 10.1. The molecule has 0 radical (unpaired) electrons. The predicted molar refractivity (Wildman–Crippen MR) is 101 cm³/mol. The number of methoxy groups -OCH3 is 1. The number of aromatic nitrogens is 1. The second-order valence-electron chi connectivity index (χ2n) is 5.62. The first-order valence-electron chi connectivity index (χ1n) is 7.58. The third-order valence-electron chi connectivity index (χ3n) is 3.77. The minimum absolute atomic E-state index is 0.107. The van der Waals surface area contributed by atoms with Gasteiger partial charge in [-0.2, -0.15) is 0 Å². The Balaban J connectivity index is 1.96. The molecule has 0 amide bonds. The van der Waals surface area contributed by atoms with Crippen LogP contribution in [0, 0.1) is 13.8 Å². The number of anilines is 1. The summed E-state index contributed by atoms with van der Waals surface area (Å²) in [4.78, 5) is 5.26. The maximum atomic E-state index is 12.7. The summed E-state index contributed by atoms with van der Waals surface area (Å²) in [6.45, 7) is 3.91. The summed E-state index contributed by atoms with van der Waals surface area (Å²) >= 11 is 1.66. The van der Waals surface area contributed by atoms with Crippen molar-refractivity contribution >= 4 is 27.0 Å². The molecule has 0 aliphatic rings. The SMILES string of the molecule is COc1cc(S(=O)(=O)Nc2cc(-c3csc(C)c3)ccc2C)ccn1. The first-order valence-corrected chi connectivity index (χ1v) is 9.94. The van der Waals surface area contributed by atoms with Crippen molar-refractivity contribution < 1.29 is 13.2 Å². The van der Waals surface area contributed by atoms with E-state index in [-0.39, 0.29) is 10.8 Å². The fraction of sp³-hybridized carbons (Fsp3) is 0.167. The molecular formula is C18H18N2O3S2. The molecule has 2 aromatic heterocycles. The van der Waals surface area contributed by atoms with Crippen LogP contribution in [0.3, 0.4) is 0 Å². The number of nitrogens with one attached hydrogen (secondary N) is 1. The van der Waals surface area contributed by atoms with Crippen LogP contribution in [0.15, 0.2) is 52.9 Å². The summed E-state index contributed by atoms with van der Waals surface area (Å²) < 4.78 is 33.0. The van der Waals surface area contributed by atoms with Gasteiger partial charge in [0.2, 0.25) is 5.88 Å². The lowest BCUT2D eigenvalue weighted by molar-refractivity contribution is 0.396. The van der Waals surface area contributed by atoms with E-state index >= 15 is 0 Å². The van der Waals surface area contributed by atoms with Gasteiger partial charge in [0.15, 0.2) is 0 Å². The smallest absolute Gasteiger partial charge is 0.262 e. The number of ether oxygens (including phenoxy) is 1. The molecule has 1 N–H and O–H groups in total. The second kappa shape index (κ2) is 6.85. The highest BCUT2D eigenvalue weighted by Gasteiger charge is 2.17. The Morgan fingerprint density at radius 3 is 2.56 bits per heavy atom. The van der Waals surface area contributed by atoms with Crippen LogP contribution in [0.2, 0.25) is 0 Å². The molecule has 2 heterocycles. The van der Waals surface area contributed by atoms with Crippen LogP contribution in [0.5, 0.6) is 5.88 Å². The number of thiophene rings is 1. The Morgan fingerprint density at radius 1 is 1.08 bits per heavy atom. The van der Waals surface area contributed by atoms with Gasteiger partial charge in [0.25, 0.3) is 10.0 Å². The molecule has 0 fully saturated rings. The van der Waals surface area contributed by atoms with Crippen molar-refractivity contribution in [1.29, 1.82) is 0 Å². The normalized spacial score (nSPS) is 11.3. The van der Waals surface area contributed by atoms with Gasteiger partial charge < -0.3 is 4.74 Å². The van der Waals surface area contributed by atoms with Gasteiger partial charge in [-0.3, -0.25) is 4.72 Å². The van der Waals surface area contributed by atoms with E-state index in [9.17, 15) is 8.42 Å². The molecule has 0 aliphatic heterocycles. The molecule has 0 spiro atoms. The molecule has 25 heavy (non-hydrogen) atoms. The predicted octanol–water partition coefficient (Wildman–Crippen LogP) is 4.24. The van der Waals surface area contributed by atoms with Crippen molar-refractivity contribution in [3.05, 3.63) is 58.4 Å². The number of sulfonamides is 1. The highest BCUT2D eigenvalue weighted by Crippen LogP contribution is 2.30. The average molecular weight is 374 g/mol. The summed E-state index contributed by atoms with van der Waals surface area (Å²) in [6, 6.07) is 10.7. The van der Waals surface area contributed by atoms with Crippen LogP contribution in [0.4, 0.5) is 5.69 Å². The monoisotopic (exact) mass is 374 g/mol. The molecule has 0 aliphatic carbocycles. The highest BCUT2D eigenvalue weighted by atomic mass is 32.2. The van der Waals surface area contributed by atoms with Gasteiger partial charge in [-0.1, -0.05) is 12.1 Å². The fourth-order valence-corrected chi connectivity index (χ4v) is 4.22. The van der Waals surface area contributed by atoms with Crippen LogP contribution >= 0.6 is 11.3 Å². The number of rotatable bonds is 5. The second-order valence-corrected chi connectivity index (χ2v) is 8.41. The molecule has 0 unspecified atom stereocenters. The van der Waals surface area contributed by atoms with Crippen LogP contribution in [-0.2, 0) is 10.0 Å². The fourth-order valence-electron chi connectivity index (χ4n) is 2.38. The van der Waals surface area contributed by atoms with Gasteiger partial charge in [0.05, 0.1) is 17.7 Å². The first-order chi connectivity index (χ1) is 11.9. The van der Waals surface area contributed by atoms with E-state index in [2.05, 4.69) is 21.2 Å². The largest absolute Gasteiger partial charge is 0.481 e. The van der Waals surface area contributed by atoms with E-state index in [1.807, 2.05) is 32.0 Å². The van der Waals surface area contributed by atoms with Crippen LogP contribution in [0.25, 0.3) is 11.1 Å². The zero-order valence-corrected chi connectivity index (χ0v) is 15.7. The van der Waals surface area contributed by atoms with Gasteiger partial charge >= 0.3 is 0 Å². The molecular weight excluding hydrogens is 356 g/mol. The Labute approximate surface area is 151 Å². The van der Waals surface area contributed by atoms with Gasteiger partial charge in [0.1, 0.15) is 0 Å². The third-order valence-corrected chi connectivity index (χ3v) is 6.00. The number of pyridine rings is 1. The Bertz CT molecular complexity index is 1010. The zero-order valence-electron chi connectivity index (χ0n) is 14.1. The number of hydrogen-bond donors (Lipinski definition) is 1. The number of nitrogens with zero attached hydrogens (tertiary/aromatic N) is 1. The number of hydrogen-bond acceptors (Lipinski definition) is 5.